The molecule has 0 aliphatic rings. The Hall–Kier alpha value is -2.95. The first-order valence-electron chi connectivity index (χ1n) is 8.12. The molecule has 0 bridgehead atoms. The van der Waals surface area contributed by atoms with Gasteiger partial charge >= 0.3 is 0 Å². The summed E-state index contributed by atoms with van der Waals surface area (Å²) >= 11 is 0. The Bertz CT molecular complexity index is 1030. The van der Waals surface area contributed by atoms with Gasteiger partial charge in [-0.2, -0.15) is 0 Å². The molecule has 0 fully saturated rings. The van der Waals surface area contributed by atoms with E-state index in [1.54, 1.807) is 0 Å². The molecule has 5 heteroatoms. The number of para-hydroxylation sites is 2. The number of aromatic nitrogens is 4. The van der Waals surface area contributed by atoms with Crippen molar-refractivity contribution in [1.82, 2.24) is 19.6 Å². The molecule has 0 saturated heterocycles. The highest BCUT2D eigenvalue weighted by atomic mass is 15.3. The first-order chi connectivity index (χ1) is 11.7. The molecule has 0 atom stereocenters. The van der Waals surface area contributed by atoms with E-state index in [1.807, 2.05) is 25.2 Å². The summed E-state index contributed by atoms with van der Waals surface area (Å²) in [5.41, 5.74) is 5.06. The molecule has 0 amide bonds. The molecule has 0 N–H and O–H groups in total. The van der Waals surface area contributed by atoms with Crippen LogP contribution in [0.2, 0.25) is 0 Å². The van der Waals surface area contributed by atoms with Gasteiger partial charge in [0.2, 0.25) is 5.65 Å². The van der Waals surface area contributed by atoms with E-state index >= 15 is 0 Å². The number of rotatable bonds is 3. The molecular weight excluding hydrogens is 298 g/mol. The normalized spacial score (nSPS) is 11.3. The van der Waals surface area contributed by atoms with E-state index in [0.29, 0.717) is 0 Å². The van der Waals surface area contributed by atoms with E-state index in [1.165, 1.54) is 5.56 Å². The fraction of sp³-hybridized carbons (Fsp3) is 0.211. The topological polar surface area (TPSA) is 46.3 Å². The van der Waals surface area contributed by atoms with E-state index < -0.39 is 0 Å². The van der Waals surface area contributed by atoms with Gasteiger partial charge in [-0.25, -0.2) is 4.98 Å². The standard InChI is InChI=1S/C19H19N5/c1-4-17-21-22-19-18(23(3)14-9-7-8-13(2)12-14)20-15-10-5-6-11-16(15)24(17)19/h5-12H,4H2,1-3H3. The molecule has 0 saturated carbocycles. The maximum atomic E-state index is 4.86. The number of fused-ring (bicyclic) bond motifs is 3. The monoisotopic (exact) mass is 317 g/mol. The van der Waals surface area contributed by atoms with Crippen LogP contribution < -0.4 is 4.90 Å². The van der Waals surface area contributed by atoms with Gasteiger partial charge in [0.15, 0.2) is 5.82 Å². The van der Waals surface area contributed by atoms with Gasteiger partial charge in [-0.1, -0.05) is 31.2 Å². The van der Waals surface area contributed by atoms with Gasteiger partial charge < -0.3 is 4.90 Å². The second kappa shape index (κ2) is 5.60. The zero-order chi connectivity index (χ0) is 16.7. The van der Waals surface area contributed by atoms with Gasteiger partial charge in [-0.3, -0.25) is 4.40 Å². The molecular formula is C19H19N5. The summed E-state index contributed by atoms with van der Waals surface area (Å²) in [7, 11) is 2.02. The van der Waals surface area contributed by atoms with Gasteiger partial charge in [-0.15, -0.1) is 10.2 Å². The van der Waals surface area contributed by atoms with Crippen molar-refractivity contribution in [3.8, 4) is 0 Å². The van der Waals surface area contributed by atoms with E-state index in [9.17, 15) is 0 Å². The lowest BCUT2D eigenvalue weighted by molar-refractivity contribution is 0.921. The van der Waals surface area contributed by atoms with Crippen molar-refractivity contribution in [2.45, 2.75) is 20.3 Å². The van der Waals surface area contributed by atoms with Crippen LogP contribution in [0.5, 0.6) is 0 Å². The maximum Gasteiger partial charge on any atom is 0.204 e. The average Bonchev–Trinajstić information content (AvgIpc) is 3.05. The summed E-state index contributed by atoms with van der Waals surface area (Å²) in [6.45, 7) is 4.18. The Morgan fingerprint density at radius 3 is 2.67 bits per heavy atom. The van der Waals surface area contributed by atoms with E-state index in [4.69, 9.17) is 4.98 Å². The van der Waals surface area contributed by atoms with E-state index in [2.05, 4.69) is 63.7 Å². The maximum absolute atomic E-state index is 4.86. The third kappa shape index (κ3) is 2.21. The highest BCUT2D eigenvalue weighted by Crippen LogP contribution is 2.29. The van der Waals surface area contributed by atoms with Crippen molar-refractivity contribution in [3.63, 3.8) is 0 Å². The molecule has 2 aromatic carbocycles. The summed E-state index contributed by atoms with van der Waals surface area (Å²) < 4.78 is 2.12. The van der Waals surface area contributed by atoms with Gasteiger partial charge in [-0.05, 0) is 36.8 Å². The predicted octanol–water partition coefficient (Wildman–Crippen LogP) is 3.92. The van der Waals surface area contributed by atoms with Crippen molar-refractivity contribution < 1.29 is 0 Å². The number of benzene rings is 2. The number of nitrogens with zero attached hydrogens (tertiary/aromatic N) is 5. The Morgan fingerprint density at radius 1 is 1.04 bits per heavy atom. The third-order valence-corrected chi connectivity index (χ3v) is 4.30. The molecule has 24 heavy (non-hydrogen) atoms. The van der Waals surface area contributed by atoms with Crippen LogP contribution >= 0.6 is 0 Å². The zero-order valence-corrected chi connectivity index (χ0v) is 14.1. The van der Waals surface area contributed by atoms with Crippen molar-refractivity contribution in [3.05, 3.63) is 59.9 Å². The SMILES string of the molecule is CCc1nnc2c(N(C)c3cccc(C)c3)nc3ccccc3n12. The smallest absolute Gasteiger partial charge is 0.204 e. The van der Waals surface area contributed by atoms with Crippen molar-refractivity contribution in [1.29, 1.82) is 0 Å². The Morgan fingerprint density at radius 2 is 1.88 bits per heavy atom. The minimum absolute atomic E-state index is 0.787. The molecule has 0 radical (unpaired) electrons. The van der Waals surface area contributed by atoms with Gasteiger partial charge in [0, 0.05) is 19.2 Å². The van der Waals surface area contributed by atoms with E-state index in [-0.39, 0.29) is 0 Å². The van der Waals surface area contributed by atoms with Crippen LogP contribution in [-0.2, 0) is 6.42 Å². The van der Waals surface area contributed by atoms with Gasteiger partial charge in [0.1, 0.15) is 5.82 Å². The average molecular weight is 317 g/mol. The van der Waals surface area contributed by atoms with Crippen LogP contribution in [0.25, 0.3) is 16.7 Å². The zero-order valence-electron chi connectivity index (χ0n) is 14.1. The summed E-state index contributed by atoms with van der Waals surface area (Å²) in [5.74, 6) is 1.76. The highest BCUT2D eigenvalue weighted by molar-refractivity contribution is 5.85. The molecule has 2 aromatic heterocycles. The van der Waals surface area contributed by atoms with Crippen LogP contribution in [0.4, 0.5) is 11.5 Å². The van der Waals surface area contributed by atoms with Crippen LogP contribution in [0, 0.1) is 6.92 Å². The lowest BCUT2D eigenvalue weighted by atomic mass is 10.2. The number of hydrogen-bond acceptors (Lipinski definition) is 4. The molecule has 4 rings (SSSR count). The van der Waals surface area contributed by atoms with E-state index in [0.717, 1.165) is 40.4 Å². The molecule has 0 unspecified atom stereocenters. The summed E-state index contributed by atoms with van der Waals surface area (Å²) in [6.07, 6.45) is 0.822. The molecule has 0 aliphatic carbocycles. The Kier molecular flexibility index (Phi) is 3.41. The minimum atomic E-state index is 0.787. The highest BCUT2D eigenvalue weighted by Gasteiger charge is 2.17. The summed E-state index contributed by atoms with van der Waals surface area (Å²) in [4.78, 5) is 6.93. The van der Waals surface area contributed by atoms with Crippen LogP contribution in [0.15, 0.2) is 48.5 Å². The van der Waals surface area contributed by atoms with Crippen molar-refractivity contribution in [2.75, 3.05) is 11.9 Å². The largest absolute Gasteiger partial charge is 0.326 e. The lowest BCUT2D eigenvalue weighted by Crippen LogP contribution is -2.13. The van der Waals surface area contributed by atoms with Crippen LogP contribution in [0.3, 0.4) is 0 Å². The second-order valence-corrected chi connectivity index (χ2v) is 5.95. The molecule has 0 spiro atoms. The fourth-order valence-electron chi connectivity index (χ4n) is 3.04. The number of anilines is 2. The first-order valence-corrected chi connectivity index (χ1v) is 8.12. The fourth-order valence-corrected chi connectivity index (χ4v) is 3.04. The summed E-state index contributed by atoms with van der Waals surface area (Å²) in [6, 6.07) is 16.5. The summed E-state index contributed by atoms with van der Waals surface area (Å²) in [5, 5.41) is 8.78. The number of hydrogen-bond donors (Lipinski definition) is 0. The van der Waals surface area contributed by atoms with Crippen LogP contribution in [0.1, 0.15) is 18.3 Å². The predicted molar refractivity (Wildman–Crippen MR) is 96.9 cm³/mol. The van der Waals surface area contributed by atoms with Crippen molar-refractivity contribution >= 4 is 28.2 Å². The Labute approximate surface area is 140 Å². The first kappa shape index (κ1) is 14.6. The van der Waals surface area contributed by atoms with Gasteiger partial charge in [0.25, 0.3) is 0 Å². The molecule has 5 nitrogen and oxygen atoms in total. The molecule has 2 heterocycles. The second-order valence-electron chi connectivity index (χ2n) is 5.95. The van der Waals surface area contributed by atoms with Gasteiger partial charge in [0.05, 0.1) is 11.0 Å². The molecule has 4 aromatic rings. The number of aryl methyl sites for hydroxylation is 2. The molecule has 0 aliphatic heterocycles. The van der Waals surface area contributed by atoms with Crippen LogP contribution in [-0.4, -0.2) is 26.6 Å². The minimum Gasteiger partial charge on any atom is -0.326 e. The van der Waals surface area contributed by atoms with Crippen molar-refractivity contribution in [2.24, 2.45) is 0 Å². The quantitative estimate of drug-likeness (QED) is 0.574. The third-order valence-electron chi connectivity index (χ3n) is 4.30. The Balaban J connectivity index is 2.02. The molecule has 120 valence electrons. The lowest BCUT2D eigenvalue weighted by Gasteiger charge is -2.20.